The van der Waals surface area contributed by atoms with Gasteiger partial charge in [-0.1, -0.05) is 12.1 Å². The molecule has 37 heavy (non-hydrogen) atoms. The number of fused-ring (bicyclic) bond motifs is 1. The Kier molecular flexibility index (Phi) is 8.11. The molecule has 1 aliphatic heterocycles. The smallest absolute Gasteiger partial charge is 0.227 e. The molecular formula is C30H35NO6. The van der Waals surface area contributed by atoms with E-state index in [0.717, 1.165) is 33.6 Å². The zero-order valence-corrected chi connectivity index (χ0v) is 22.4. The number of hydrogen-bond donors (Lipinski definition) is 0. The number of carbonyl (C=O) groups is 1. The van der Waals surface area contributed by atoms with Crippen LogP contribution in [0.2, 0.25) is 0 Å². The highest BCUT2D eigenvalue weighted by Gasteiger charge is 2.33. The van der Waals surface area contributed by atoms with E-state index in [4.69, 9.17) is 23.7 Å². The van der Waals surface area contributed by atoms with Crippen LogP contribution in [0.15, 0.2) is 48.5 Å². The largest absolute Gasteiger partial charge is 0.493 e. The van der Waals surface area contributed by atoms with Gasteiger partial charge in [-0.15, -0.1) is 0 Å². The summed E-state index contributed by atoms with van der Waals surface area (Å²) < 4.78 is 28.2. The lowest BCUT2D eigenvalue weighted by Gasteiger charge is -2.38. The molecule has 0 unspecified atom stereocenters. The summed E-state index contributed by atoms with van der Waals surface area (Å²) >= 11 is 0. The van der Waals surface area contributed by atoms with E-state index in [0.29, 0.717) is 42.6 Å². The van der Waals surface area contributed by atoms with Crippen molar-refractivity contribution >= 4 is 5.91 Å². The van der Waals surface area contributed by atoms with Gasteiger partial charge in [-0.25, -0.2) is 0 Å². The van der Waals surface area contributed by atoms with Gasteiger partial charge in [-0.05, 0) is 84.5 Å². The highest BCUT2D eigenvalue weighted by Crippen LogP contribution is 2.39. The first-order valence-electron chi connectivity index (χ1n) is 12.3. The maximum absolute atomic E-state index is 13.7. The Morgan fingerprint density at radius 1 is 0.811 bits per heavy atom. The number of amides is 1. The van der Waals surface area contributed by atoms with Crippen molar-refractivity contribution < 1.29 is 28.5 Å². The lowest BCUT2D eigenvalue weighted by Crippen LogP contribution is -2.43. The molecule has 0 aromatic heterocycles. The number of aryl methyl sites for hydroxylation is 2. The standard InChI is InChI=1S/C30H35NO6/c1-19-11-20(2)13-23(12-19)37-18-25-24-17-29(36-6)28(35-5)16-22(24)9-10-31(25)30(32)15-21-7-8-26(33-3)27(14-21)34-4/h7-8,11-14,16-17,25H,9-10,15,18H2,1-6H3/t25-/m1/s1. The number of rotatable bonds is 9. The van der Waals surface area contributed by atoms with Crippen LogP contribution in [0, 0.1) is 13.8 Å². The Hall–Kier alpha value is -3.87. The number of carbonyl (C=O) groups excluding carboxylic acids is 1. The van der Waals surface area contributed by atoms with Crippen LogP contribution >= 0.6 is 0 Å². The number of ether oxygens (including phenoxy) is 5. The van der Waals surface area contributed by atoms with E-state index in [-0.39, 0.29) is 18.4 Å². The second-order valence-corrected chi connectivity index (χ2v) is 9.26. The van der Waals surface area contributed by atoms with Gasteiger partial charge in [0, 0.05) is 6.54 Å². The van der Waals surface area contributed by atoms with Gasteiger partial charge in [0.2, 0.25) is 5.91 Å². The Morgan fingerprint density at radius 3 is 2.08 bits per heavy atom. The molecule has 0 N–H and O–H groups in total. The predicted molar refractivity (Wildman–Crippen MR) is 142 cm³/mol. The lowest BCUT2D eigenvalue weighted by atomic mass is 9.91. The summed E-state index contributed by atoms with van der Waals surface area (Å²) in [6, 6.07) is 15.4. The Labute approximate surface area is 218 Å². The van der Waals surface area contributed by atoms with Crippen molar-refractivity contribution in [3.63, 3.8) is 0 Å². The number of nitrogens with zero attached hydrogens (tertiary/aromatic N) is 1. The van der Waals surface area contributed by atoms with Crippen molar-refractivity contribution in [2.45, 2.75) is 32.7 Å². The fourth-order valence-corrected chi connectivity index (χ4v) is 4.96. The molecule has 0 aliphatic carbocycles. The first-order valence-corrected chi connectivity index (χ1v) is 12.3. The molecule has 1 amide bonds. The second-order valence-electron chi connectivity index (χ2n) is 9.26. The summed E-state index contributed by atoms with van der Waals surface area (Å²) in [5.41, 5.74) is 5.25. The van der Waals surface area contributed by atoms with Crippen molar-refractivity contribution in [2.24, 2.45) is 0 Å². The van der Waals surface area contributed by atoms with Crippen LogP contribution in [0.1, 0.15) is 33.9 Å². The van der Waals surface area contributed by atoms with Crippen LogP contribution in [-0.2, 0) is 17.6 Å². The molecule has 7 heteroatoms. The third-order valence-electron chi connectivity index (χ3n) is 6.73. The molecule has 0 bridgehead atoms. The van der Waals surface area contributed by atoms with E-state index in [9.17, 15) is 4.79 Å². The fraction of sp³-hybridized carbons (Fsp3) is 0.367. The van der Waals surface area contributed by atoms with Crippen LogP contribution in [0.4, 0.5) is 0 Å². The molecule has 1 atom stereocenters. The van der Waals surface area contributed by atoms with E-state index in [1.165, 1.54) is 0 Å². The molecule has 196 valence electrons. The quantitative estimate of drug-likeness (QED) is 0.404. The van der Waals surface area contributed by atoms with Crippen LogP contribution < -0.4 is 23.7 Å². The summed E-state index contributed by atoms with van der Waals surface area (Å²) in [5, 5.41) is 0. The molecule has 0 saturated heterocycles. The van der Waals surface area contributed by atoms with Crippen molar-refractivity contribution in [1.82, 2.24) is 4.90 Å². The van der Waals surface area contributed by atoms with Gasteiger partial charge < -0.3 is 28.6 Å². The maximum Gasteiger partial charge on any atom is 0.227 e. The van der Waals surface area contributed by atoms with Gasteiger partial charge in [0.05, 0.1) is 40.9 Å². The topological polar surface area (TPSA) is 66.5 Å². The second kappa shape index (κ2) is 11.5. The monoisotopic (exact) mass is 505 g/mol. The minimum atomic E-state index is -0.281. The third kappa shape index (κ3) is 5.77. The Bertz CT molecular complexity index is 1250. The summed E-state index contributed by atoms with van der Waals surface area (Å²) in [5.74, 6) is 3.35. The van der Waals surface area contributed by atoms with Crippen LogP contribution in [-0.4, -0.2) is 52.4 Å². The van der Waals surface area contributed by atoms with Crippen molar-refractivity contribution in [2.75, 3.05) is 41.6 Å². The Morgan fingerprint density at radius 2 is 1.43 bits per heavy atom. The van der Waals surface area contributed by atoms with Gasteiger partial charge in [-0.2, -0.15) is 0 Å². The molecule has 1 aliphatic rings. The third-order valence-corrected chi connectivity index (χ3v) is 6.73. The lowest BCUT2D eigenvalue weighted by molar-refractivity contribution is -0.134. The van der Waals surface area contributed by atoms with Gasteiger partial charge in [-0.3, -0.25) is 4.79 Å². The van der Waals surface area contributed by atoms with Gasteiger partial charge >= 0.3 is 0 Å². The van der Waals surface area contributed by atoms with Crippen molar-refractivity contribution in [3.8, 4) is 28.7 Å². The van der Waals surface area contributed by atoms with Crippen LogP contribution in [0.3, 0.4) is 0 Å². The number of hydrogen-bond acceptors (Lipinski definition) is 6. The summed E-state index contributed by atoms with van der Waals surface area (Å²) in [4.78, 5) is 15.6. The molecule has 1 heterocycles. The molecular weight excluding hydrogens is 470 g/mol. The zero-order valence-electron chi connectivity index (χ0n) is 22.4. The minimum absolute atomic E-state index is 0.0154. The van der Waals surface area contributed by atoms with Crippen molar-refractivity contribution in [1.29, 1.82) is 0 Å². The van der Waals surface area contributed by atoms with E-state index >= 15 is 0 Å². The van der Waals surface area contributed by atoms with E-state index in [1.54, 1.807) is 28.4 Å². The highest BCUT2D eigenvalue weighted by molar-refractivity contribution is 5.80. The van der Waals surface area contributed by atoms with Crippen LogP contribution in [0.5, 0.6) is 28.7 Å². The minimum Gasteiger partial charge on any atom is -0.493 e. The highest BCUT2D eigenvalue weighted by atomic mass is 16.5. The van der Waals surface area contributed by atoms with Gasteiger partial charge in [0.15, 0.2) is 23.0 Å². The molecule has 0 saturated carbocycles. The first kappa shape index (κ1) is 26.2. The van der Waals surface area contributed by atoms with Gasteiger partial charge in [0.1, 0.15) is 12.4 Å². The van der Waals surface area contributed by atoms with E-state index in [1.807, 2.05) is 61.2 Å². The fourth-order valence-electron chi connectivity index (χ4n) is 4.96. The van der Waals surface area contributed by atoms with Gasteiger partial charge in [0.25, 0.3) is 0 Å². The number of benzene rings is 3. The predicted octanol–water partition coefficient (Wildman–Crippen LogP) is 5.09. The SMILES string of the molecule is COc1ccc(CC(=O)N2CCc3cc(OC)c(OC)cc3[C@H]2COc2cc(C)cc(C)c2)cc1OC. The average molecular weight is 506 g/mol. The summed E-state index contributed by atoms with van der Waals surface area (Å²) in [6.45, 7) is 5.00. The molecule has 0 spiro atoms. The molecule has 3 aromatic rings. The van der Waals surface area contributed by atoms with E-state index < -0.39 is 0 Å². The molecule has 0 radical (unpaired) electrons. The maximum atomic E-state index is 13.7. The molecule has 4 rings (SSSR count). The Balaban J connectivity index is 1.65. The van der Waals surface area contributed by atoms with Crippen LogP contribution in [0.25, 0.3) is 0 Å². The first-order chi connectivity index (χ1) is 17.9. The zero-order chi connectivity index (χ0) is 26.5. The van der Waals surface area contributed by atoms with E-state index in [2.05, 4.69) is 6.07 Å². The average Bonchev–Trinajstić information content (AvgIpc) is 2.89. The molecule has 3 aromatic carbocycles. The summed E-state index contributed by atoms with van der Waals surface area (Å²) in [6.07, 6.45) is 0.955. The molecule has 7 nitrogen and oxygen atoms in total. The summed E-state index contributed by atoms with van der Waals surface area (Å²) in [7, 11) is 6.44. The van der Waals surface area contributed by atoms with Crippen molar-refractivity contribution in [3.05, 3.63) is 76.3 Å². The molecule has 0 fully saturated rings. The number of methoxy groups -OCH3 is 4. The normalized spacial score (nSPS) is 14.5.